The number of ether oxygens (including phenoxy) is 2. The fourth-order valence-corrected chi connectivity index (χ4v) is 3.74. The molecule has 0 saturated carbocycles. The summed E-state index contributed by atoms with van der Waals surface area (Å²) in [5.41, 5.74) is 3.87. The maximum Gasteiger partial charge on any atom is 0.237 e. The van der Waals surface area contributed by atoms with Crippen LogP contribution in [0, 0.1) is 6.92 Å². The van der Waals surface area contributed by atoms with Crippen LogP contribution in [0.3, 0.4) is 0 Å². The number of carbonyl (C=O) groups excluding carboxylic acids is 1. The minimum absolute atomic E-state index is 0.110. The molecule has 2 aromatic carbocycles. The van der Waals surface area contributed by atoms with Crippen molar-refractivity contribution in [3.05, 3.63) is 65.5 Å². The number of hydrogen-bond acceptors (Lipinski definition) is 5. The van der Waals surface area contributed by atoms with Crippen LogP contribution in [0.5, 0.6) is 11.5 Å². The summed E-state index contributed by atoms with van der Waals surface area (Å²) in [5.74, 6) is 1.07. The van der Waals surface area contributed by atoms with Crippen LogP contribution in [0.2, 0.25) is 0 Å². The molecule has 29 heavy (non-hydrogen) atoms. The number of H-pyrrole nitrogens is 1. The molecule has 1 atom stereocenters. The van der Waals surface area contributed by atoms with E-state index in [1.807, 2.05) is 32.0 Å². The first-order chi connectivity index (χ1) is 14.0. The Labute approximate surface area is 175 Å². The Balaban J connectivity index is 1.63. The molecule has 3 aromatic rings. The maximum atomic E-state index is 12.6. The minimum atomic E-state index is -0.321. The molecule has 0 fully saturated rings. The zero-order valence-corrected chi connectivity index (χ0v) is 17.8. The highest BCUT2D eigenvalue weighted by Gasteiger charge is 2.18. The first-order valence-electron chi connectivity index (χ1n) is 9.29. The number of carbonyl (C=O) groups is 1. The smallest absolute Gasteiger partial charge is 0.237 e. The van der Waals surface area contributed by atoms with Gasteiger partial charge in [0.2, 0.25) is 5.91 Å². The molecule has 0 radical (unpaired) electrons. The number of hydrogen-bond donors (Lipinski definition) is 2. The zero-order chi connectivity index (χ0) is 20.8. The van der Waals surface area contributed by atoms with Gasteiger partial charge in [0.25, 0.3) is 0 Å². The van der Waals surface area contributed by atoms with Crippen LogP contribution >= 0.6 is 11.8 Å². The van der Waals surface area contributed by atoms with Crippen molar-refractivity contribution in [1.29, 1.82) is 0 Å². The van der Waals surface area contributed by atoms with Gasteiger partial charge in [-0.3, -0.25) is 4.79 Å². The molecule has 0 saturated heterocycles. The molecular formula is C22H25N3O3S. The van der Waals surface area contributed by atoms with Gasteiger partial charge in [0.1, 0.15) is 0 Å². The van der Waals surface area contributed by atoms with E-state index in [9.17, 15) is 4.79 Å². The monoisotopic (exact) mass is 411 g/mol. The number of nitrogens with zero attached hydrogens (tertiary/aromatic N) is 1. The lowest BCUT2D eigenvalue weighted by Crippen LogP contribution is -2.22. The predicted octanol–water partition coefficient (Wildman–Crippen LogP) is 4.45. The summed E-state index contributed by atoms with van der Waals surface area (Å²) in [7, 11) is 3.14. The summed E-state index contributed by atoms with van der Waals surface area (Å²) < 4.78 is 10.5. The topological polar surface area (TPSA) is 76.2 Å². The summed E-state index contributed by atoms with van der Waals surface area (Å²) in [6.45, 7) is 3.86. The molecular weight excluding hydrogens is 386 g/mol. The van der Waals surface area contributed by atoms with Crippen molar-refractivity contribution in [2.45, 2.75) is 30.7 Å². The number of aromatic nitrogens is 2. The number of rotatable bonds is 8. The number of thioether (sulfide) groups is 1. The fraction of sp³-hybridized carbons (Fsp3) is 0.273. The van der Waals surface area contributed by atoms with E-state index >= 15 is 0 Å². The number of imidazole rings is 1. The molecule has 1 heterocycles. The van der Waals surface area contributed by atoms with Gasteiger partial charge in [-0.05, 0) is 31.5 Å². The van der Waals surface area contributed by atoms with E-state index in [0.29, 0.717) is 17.2 Å². The van der Waals surface area contributed by atoms with Gasteiger partial charge in [0.05, 0.1) is 25.2 Å². The van der Waals surface area contributed by atoms with Crippen molar-refractivity contribution >= 4 is 23.4 Å². The van der Waals surface area contributed by atoms with Gasteiger partial charge >= 0.3 is 0 Å². The van der Waals surface area contributed by atoms with Crippen molar-refractivity contribution in [1.82, 2.24) is 9.97 Å². The first-order valence-corrected chi connectivity index (χ1v) is 10.2. The Morgan fingerprint density at radius 2 is 1.86 bits per heavy atom. The number of anilines is 1. The third-order valence-electron chi connectivity index (χ3n) is 4.49. The van der Waals surface area contributed by atoms with Gasteiger partial charge in [-0.25, -0.2) is 4.98 Å². The summed E-state index contributed by atoms with van der Waals surface area (Å²) in [6.07, 6.45) is 0.760. The number of amides is 1. The van der Waals surface area contributed by atoms with Crippen LogP contribution in [-0.2, 0) is 11.2 Å². The molecule has 1 aromatic heterocycles. The highest BCUT2D eigenvalue weighted by Crippen LogP contribution is 2.30. The van der Waals surface area contributed by atoms with Crippen LogP contribution in [-0.4, -0.2) is 35.3 Å². The lowest BCUT2D eigenvalue weighted by atomic mass is 10.1. The Kier molecular flexibility index (Phi) is 6.82. The van der Waals surface area contributed by atoms with Crippen LogP contribution in [0.1, 0.15) is 23.9 Å². The van der Waals surface area contributed by atoms with Crippen LogP contribution < -0.4 is 14.8 Å². The Hall–Kier alpha value is -2.93. The van der Waals surface area contributed by atoms with Crippen LogP contribution in [0.25, 0.3) is 0 Å². The van der Waals surface area contributed by atoms with E-state index in [4.69, 9.17) is 9.47 Å². The van der Waals surface area contributed by atoms with E-state index in [1.165, 1.54) is 17.3 Å². The maximum absolute atomic E-state index is 12.6. The van der Waals surface area contributed by atoms with E-state index in [2.05, 4.69) is 27.4 Å². The quantitative estimate of drug-likeness (QED) is 0.536. The SMILES string of the molecule is COc1ccc(NC(=O)C(C)Sc2nc(Cc3ccccc3)c(C)[nH]2)cc1OC. The number of benzene rings is 2. The van der Waals surface area contributed by atoms with Gasteiger partial charge in [-0.2, -0.15) is 0 Å². The zero-order valence-electron chi connectivity index (χ0n) is 17.0. The second kappa shape index (κ2) is 9.52. The summed E-state index contributed by atoms with van der Waals surface area (Å²) in [6, 6.07) is 15.5. The van der Waals surface area contributed by atoms with Crippen molar-refractivity contribution in [3.8, 4) is 11.5 Å². The van der Waals surface area contributed by atoms with E-state index < -0.39 is 0 Å². The van der Waals surface area contributed by atoms with Gasteiger partial charge in [0, 0.05) is 23.9 Å². The second-order valence-electron chi connectivity index (χ2n) is 6.60. The van der Waals surface area contributed by atoms with Crippen molar-refractivity contribution in [2.75, 3.05) is 19.5 Å². The molecule has 0 spiro atoms. The Bertz CT molecular complexity index is 973. The normalized spacial score (nSPS) is 11.7. The molecule has 1 amide bonds. The van der Waals surface area contributed by atoms with Gasteiger partial charge in [-0.15, -0.1) is 0 Å². The number of nitrogens with one attached hydrogen (secondary N) is 2. The predicted molar refractivity (Wildman–Crippen MR) is 116 cm³/mol. The van der Waals surface area contributed by atoms with Gasteiger partial charge < -0.3 is 19.8 Å². The molecule has 0 aliphatic heterocycles. The molecule has 6 nitrogen and oxygen atoms in total. The fourth-order valence-electron chi connectivity index (χ4n) is 2.86. The number of aryl methyl sites for hydroxylation is 1. The number of methoxy groups -OCH3 is 2. The number of aromatic amines is 1. The third kappa shape index (κ3) is 5.32. The first kappa shape index (κ1) is 20.8. The molecule has 2 N–H and O–H groups in total. The third-order valence-corrected chi connectivity index (χ3v) is 5.47. The van der Waals surface area contributed by atoms with Crippen molar-refractivity contribution in [2.24, 2.45) is 0 Å². The van der Waals surface area contributed by atoms with E-state index in [1.54, 1.807) is 32.4 Å². The van der Waals surface area contributed by atoms with E-state index in [0.717, 1.165) is 23.0 Å². The van der Waals surface area contributed by atoms with Crippen molar-refractivity contribution < 1.29 is 14.3 Å². The molecule has 0 bridgehead atoms. The largest absolute Gasteiger partial charge is 0.493 e. The van der Waals surface area contributed by atoms with Crippen LogP contribution in [0.4, 0.5) is 5.69 Å². The lowest BCUT2D eigenvalue weighted by Gasteiger charge is -2.13. The second-order valence-corrected chi connectivity index (χ2v) is 7.92. The summed E-state index contributed by atoms with van der Waals surface area (Å²) in [4.78, 5) is 20.6. The highest BCUT2D eigenvalue weighted by atomic mass is 32.2. The average molecular weight is 412 g/mol. The molecule has 1 unspecified atom stereocenters. The highest BCUT2D eigenvalue weighted by molar-refractivity contribution is 8.00. The molecule has 7 heteroatoms. The van der Waals surface area contributed by atoms with Crippen molar-refractivity contribution in [3.63, 3.8) is 0 Å². The molecule has 0 aliphatic carbocycles. The molecule has 3 rings (SSSR count). The summed E-state index contributed by atoms with van der Waals surface area (Å²) >= 11 is 1.40. The Morgan fingerprint density at radius 1 is 1.14 bits per heavy atom. The molecule has 152 valence electrons. The standard InChI is InChI=1S/C22H25N3O3S/c1-14-18(12-16-8-6-5-7-9-16)25-22(23-14)29-15(2)21(26)24-17-10-11-19(27-3)20(13-17)28-4/h5-11,13,15H,12H2,1-4H3,(H,23,25)(H,24,26). The minimum Gasteiger partial charge on any atom is -0.493 e. The average Bonchev–Trinajstić information content (AvgIpc) is 3.07. The van der Waals surface area contributed by atoms with Gasteiger partial charge in [0.15, 0.2) is 16.7 Å². The molecule has 0 aliphatic rings. The van der Waals surface area contributed by atoms with E-state index in [-0.39, 0.29) is 11.2 Å². The van der Waals surface area contributed by atoms with Gasteiger partial charge in [-0.1, -0.05) is 42.1 Å². The Morgan fingerprint density at radius 3 is 2.55 bits per heavy atom. The lowest BCUT2D eigenvalue weighted by molar-refractivity contribution is -0.115. The summed E-state index contributed by atoms with van der Waals surface area (Å²) in [5, 5.41) is 3.33. The van der Waals surface area contributed by atoms with Crippen LogP contribution in [0.15, 0.2) is 53.7 Å².